The van der Waals surface area contributed by atoms with Crippen LogP contribution >= 0.6 is 0 Å². The molecule has 0 bridgehead atoms. The van der Waals surface area contributed by atoms with E-state index >= 15 is 0 Å². The predicted octanol–water partition coefficient (Wildman–Crippen LogP) is 3.13. The first-order chi connectivity index (χ1) is 7.84. The summed E-state index contributed by atoms with van der Waals surface area (Å²) in [5, 5.41) is 3.38. The average molecular weight is 215 g/mol. The molecular formula is C13H13NO2. The molecule has 3 rings (SSSR count). The highest BCUT2D eigenvalue weighted by molar-refractivity contribution is 5.61. The zero-order valence-electron chi connectivity index (χ0n) is 9.07. The van der Waals surface area contributed by atoms with Gasteiger partial charge in [-0.25, -0.2) is 0 Å². The van der Waals surface area contributed by atoms with Crippen molar-refractivity contribution in [1.29, 1.82) is 0 Å². The van der Waals surface area contributed by atoms with E-state index in [0.717, 1.165) is 29.1 Å². The third kappa shape index (κ3) is 1.45. The fourth-order valence-electron chi connectivity index (χ4n) is 1.98. The maximum absolute atomic E-state index is 5.98. The van der Waals surface area contributed by atoms with Gasteiger partial charge in [0.05, 0.1) is 24.8 Å². The van der Waals surface area contributed by atoms with E-state index in [1.54, 1.807) is 12.5 Å². The fourth-order valence-corrected chi connectivity index (χ4v) is 1.98. The van der Waals surface area contributed by atoms with Gasteiger partial charge in [-0.15, -0.1) is 0 Å². The zero-order chi connectivity index (χ0) is 11.0. The van der Waals surface area contributed by atoms with Crippen molar-refractivity contribution in [1.82, 2.24) is 0 Å². The fraction of sp³-hybridized carbons (Fsp3) is 0.231. The number of aryl methyl sites for hydroxylation is 1. The van der Waals surface area contributed by atoms with Crippen LogP contribution in [0.25, 0.3) is 0 Å². The van der Waals surface area contributed by atoms with Crippen LogP contribution in [0.5, 0.6) is 5.75 Å². The molecule has 1 atom stereocenters. The summed E-state index contributed by atoms with van der Waals surface area (Å²) in [6.07, 6.45) is 3.44. The number of para-hydroxylation sites is 1. The number of ether oxygens (including phenoxy) is 1. The second kappa shape index (κ2) is 3.59. The minimum absolute atomic E-state index is 0.0346. The summed E-state index contributed by atoms with van der Waals surface area (Å²) in [5.41, 5.74) is 3.29. The van der Waals surface area contributed by atoms with Crippen LogP contribution < -0.4 is 10.1 Å². The highest BCUT2D eigenvalue weighted by Crippen LogP contribution is 2.36. The molecule has 0 spiro atoms. The number of furan rings is 1. The van der Waals surface area contributed by atoms with Crippen LogP contribution in [0.4, 0.5) is 5.69 Å². The van der Waals surface area contributed by atoms with E-state index in [4.69, 9.17) is 9.15 Å². The Labute approximate surface area is 94.0 Å². The second-order valence-corrected chi connectivity index (χ2v) is 4.00. The van der Waals surface area contributed by atoms with Gasteiger partial charge in [0, 0.05) is 5.56 Å². The molecule has 1 unspecified atom stereocenters. The van der Waals surface area contributed by atoms with Crippen LogP contribution in [0.2, 0.25) is 0 Å². The standard InChI is InChI=1S/C13H13NO2/c1-9-3-2-4-11-13(9)16-12(7-14-11)10-5-6-15-8-10/h2-6,8,12,14H,7H2,1H3. The summed E-state index contributed by atoms with van der Waals surface area (Å²) in [5.74, 6) is 0.944. The molecule has 1 aliphatic rings. The van der Waals surface area contributed by atoms with E-state index in [1.807, 2.05) is 18.2 Å². The van der Waals surface area contributed by atoms with E-state index in [0.29, 0.717) is 0 Å². The minimum Gasteiger partial charge on any atom is -0.481 e. The molecule has 16 heavy (non-hydrogen) atoms. The monoisotopic (exact) mass is 215 g/mol. The van der Waals surface area contributed by atoms with Crippen LogP contribution in [-0.4, -0.2) is 6.54 Å². The van der Waals surface area contributed by atoms with E-state index in [1.165, 1.54) is 0 Å². The van der Waals surface area contributed by atoms with E-state index in [-0.39, 0.29) is 6.10 Å². The lowest BCUT2D eigenvalue weighted by Gasteiger charge is -2.27. The van der Waals surface area contributed by atoms with Gasteiger partial charge < -0.3 is 14.5 Å². The number of rotatable bonds is 1. The minimum atomic E-state index is 0.0346. The largest absolute Gasteiger partial charge is 0.481 e. The Kier molecular flexibility index (Phi) is 2.10. The third-order valence-electron chi connectivity index (χ3n) is 2.86. The molecule has 0 aliphatic carbocycles. The lowest BCUT2D eigenvalue weighted by atomic mass is 10.1. The molecule has 82 valence electrons. The molecule has 0 saturated carbocycles. The van der Waals surface area contributed by atoms with Gasteiger partial charge in [0.15, 0.2) is 0 Å². The Hall–Kier alpha value is -1.90. The van der Waals surface area contributed by atoms with Gasteiger partial charge >= 0.3 is 0 Å². The van der Waals surface area contributed by atoms with Gasteiger partial charge in [-0.2, -0.15) is 0 Å². The quantitative estimate of drug-likeness (QED) is 0.793. The molecule has 0 fully saturated rings. The van der Waals surface area contributed by atoms with E-state index in [2.05, 4.69) is 18.3 Å². The highest BCUT2D eigenvalue weighted by atomic mass is 16.5. The summed E-state index contributed by atoms with van der Waals surface area (Å²) in [6.45, 7) is 2.83. The van der Waals surface area contributed by atoms with Gasteiger partial charge in [0.1, 0.15) is 11.9 Å². The summed E-state index contributed by atoms with van der Waals surface area (Å²) >= 11 is 0. The predicted molar refractivity (Wildman–Crippen MR) is 61.7 cm³/mol. The van der Waals surface area contributed by atoms with Crippen molar-refractivity contribution in [3.8, 4) is 5.75 Å². The molecular weight excluding hydrogens is 202 g/mol. The molecule has 3 heteroatoms. The molecule has 1 aromatic carbocycles. The Bertz CT molecular complexity index is 491. The molecule has 3 nitrogen and oxygen atoms in total. The van der Waals surface area contributed by atoms with E-state index < -0.39 is 0 Å². The SMILES string of the molecule is Cc1cccc2c1OC(c1ccoc1)CN2. The van der Waals surface area contributed by atoms with Crippen molar-refractivity contribution in [3.05, 3.63) is 47.9 Å². The Morgan fingerprint density at radius 2 is 2.25 bits per heavy atom. The third-order valence-corrected chi connectivity index (χ3v) is 2.86. The molecule has 0 amide bonds. The van der Waals surface area contributed by atoms with Crippen molar-refractivity contribution >= 4 is 5.69 Å². The number of benzene rings is 1. The summed E-state index contributed by atoms with van der Waals surface area (Å²) in [4.78, 5) is 0. The number of fused-ring (bicyclic) bond motifs is 1. The smallest absolute Gasteiger partial charge is 0.146 e. The Balaban J connectivity index is 1.94. The van der Waals surface area contributed by atoms with Crippen molar-refractivity contribution in [3.63, 3.8) is 0 Å². The van der Waals surface area contributed by atoms with Gasteiger partial charge in [-0.3, -0.25) is 0 Å². The normalized spacial score (nSPS) is 18.4. The lowest BCUT2D eigenvalue weighted by molar-refractivity contribution is 0.208. The maximum atomic E-state index is 5.98. The van der Waals surface area contributed by atoms with Crippen molar-refractivity contribution in [2.24, 2.45) is 0 Å². The zero-order valence-corrected chi connectivity index (χ0v) is 9.07. The molecule has 1 aromatic heterocycles. The molecule has 0 saturated heterocycles. The number of hydrogen-bond acceptors (Lipinski definition) is 3. The highest BCUT2D eigenvalue weighted by Gasteiger charge is 2.22. The second-order valence-electron chi connectivity index (χ2n) is 4.00. The molecule has 2 heterocycles. The first-order valence-corrected chi connectivity index (χ1v) is 5.37. The Morgan fingerprint density at radius 3 is 3.06 bits per heavy atom. The topological polar surface area (TPSA) is 34.4 Å². The van der Waals surface area contributed by atoms with Gasteiger partial charge in [0.25, 0.3) is 0 Å². The van der Waals surface area contributed by atoms with Crippen molar-refractivity contribution < 1.29 is 9.15 Å². The maximum Gasteiger partial charge on any atom is 0.146 e. The molecule has 0 radical (unpaired) electrons. The average Bonchev–Trinajstić information content (AvgIpc) is 2.83. The number of anilines is 1. The van der Waals surface area contributed by atoms with Crippen LogP contribution in [0.3, 0.4) is 0 Å². The molecule has 2 aromatic rings. The first kappa shape index (κ1) is 9.33. The van der Waals surface area contributed by atoms with Crippen molar-refractivity contribution in [2.45, 2.75) is 13.0 Å². The number of nitrogens with one attached hydrogen (secondary N) is 1. The van der Waals surface area contributed by atoms with Crippen LogP contribution in [0, 0.1) is 6.92 Å². The first-order valence-electron chi connectivity index (χ1n) is 5.37. The van der Waals surface area contributed by atoms with Gasteiger partial charge in [0.2, 0.25) is 0 Å². The van der Waals surface area contributed by atoms with Crippen molar-refractivity contribution in [2.75, 3.05) is 11.9 Å². The van der Waals surface area contributed by atoms with Gasteiger partial charge in [-0.05, 0) is 24.6 Å². The van der Waals surface area contributed by atoms with Gasteiger partial charge in [-0.1, -0.05) is 12.1 Å². The van der Waals surface area contributed by atoms with Crippen LogP contribution in [-0.2, 0) is 0 Å². The van der Waals surface area contributed by atoms with Crippen LogP contribution in [0.1, 0.15) is 17.2 Å². The molecule has 1 aliphatic heterocycles. The Morgan fingerprint density at radius 1 is 1.31 bits per heavy atom. The summed E-state index contributed by atoms with van der Waals surface area (Å²) in [7, 11) is 0. The molecule has 1 N–H and O–H groups in total. The van der Waals surface area contributed by atoms with Crippen LogP contribution in [0.15, 0.2) is 41.2 Å². The summed E-state index contributed by atoms with van der Waals surface area (Å²) in [6, 6.07) is 8.06. The lowest BCUT2D eigenvalue weighted by Crippen LogP contribution is -2.23. The van der Waals surface area contributed by atoms with E-state index in [9.17, 15) is 0 Å². The summed E-state index contributed by atoms with van der Waals surface area (Å²) < 4.78 is 11.1. The number of hydrogen-bond donors (Lipinski definition) is 1.